The number of ketones is 1. The number of hydrogen-bond donors (Lipinski definition) is 1. The van der Waals surface area contributed by atoms with Crippen LogP contribution in [-0.2, 0) is 26.0 Å². The molecule has 1 fully saturated rings. The fourth-order valence-corrected chi connectivity index (χ4v) is 6.65. The number of esters is 1. The first-order chi connectivity index (χ1) is 20.5. The molecule has 9 nitrogen and oxygen atoms in total. The van der Waals surface area contributed by atoms with Gasteiger partial charge in [-0.25, -0.2) is 18.2 Å². The van der Waals surface area contributed by atoms with Gasteiger partial charge in [-0.2, -0.15) is 4.31 Å². The van der Waals surface area contributed by atoms with Crippen LogP contribution in [0.5, 0.6) is 0 Å². The average Bonchev–Trinajstić information content (AvgIpc) is 3.37. The quantitative estimate of drug-likeness (QED) is 0.212. The van der Waals surface area contributed by atoms with Crippen LogP contribution >= 0.6 is 0 Å². The summed E-state index contributed by atoms with van der Waals surface area (Å²) < 4.78 is 33.6. The predicted octanol–water partition coefficient (Wildman–Crippen LogP) is 5.00. The van der Waals surface area contributed by atoms with Crippen LogP contribution in [0, 0.1) is 6.92 Å². The number of benzene rings is 2. The Bertz CT molecular complexity index is 1800. The van der Waals surface area contributed by atoms with E-state index in [1.165, 1.54) is 16.6 Å². The van der Waals surface area contributed by atoms with Crippen molar-refractivity contribution in [3.05, 3.63) is 84.1 Å². The number of pyridine rings is 1. The standard InChI is InChI=1S/C33H36N4O5S/c1-6-27(38)18-25-17-24(8-7-22(25)4)30-29-19-26(33(39)42-21(2)3)20-34-32(29)35-31(30)23-9-11-28(12-10-23)43(40,41)37-15-13-36(5)14-16-37/h6-12,17,19-21H,1,13-16,18H2,2-5H3,(H,34,35). The third kappa shape index (κ3) is 6.31. The van der Waals surface area contributed by atoms with Crippen LogP contribution in [0.3, 0.4) is 0 Å². The smallest absolute Gasteiger partial charge is 0.339 e. The summed E-state index contributed by atoms with van der Waals surface area (Å²) in [7, 11) is -1.65. The molecule has 2 aromatic carbocycles. The molecule has 0 unspecified atom stereocenters. The van der Waals surface area contributed by atoms with Crippen molar-refractivity contribution in [1.82, 2.24) is 19.2 Å². The summed E-state index contributed by atoms with van der Waals surface area (Å²) >= 11 is 0. The minimum atomic E-state index is -3.63. The molecule has 0 atom stereocenters. The van der Waals surface area contributed by atoms with Crippen LogP contribution in [0.4, 0.5) is 0 Å². The number of aryl methyl sites for hydroxylation is 1. The number of nitrogens with one attached hydrogen (secondary N) is 1. The summed E-state index contributed by atoms with van der Waals surface area (Å²) in [6, 6.07) is 14.5. The highest BCUT2D eigenvalue weighted by Crippen LogP contribution is 2.39. The van der Waals surface area contributed by atoms with Gasteiger partial charge in [0.2, 0.25) is 10.0 Å². The zero-order valence-corrected chi connectivity index (χ0v) is 25.7. The molecule has 1 N–H and O–H groups in total. The molecular weight excluding hydrogens is 564 g/mol. The van der Waals surface area contributed by atoms with Gasteiger partial charge < -0.3 is 14.6 Å². The van der Waals surface area contributed by atoms with Crippen molar-refractivity contribution in [3.8, 4) is 22.4 Å². The molecule has 3 heterocycles. The molecule has 0 aliphatic carbocycles. The molecule has 1 aliphatic rings. The molecule has 10 heteroatoms. The van der Waals surface area contributed by atoms with E-state index in [1.54, 1.807) is 44.2 Å². The number of aromatic amines is 1. The summed E-state index contributed by atoms with van der Waals surface area (Å²) in [5, 5.41) is 0.701. The lowest BCUT2D eigenvalue weighted by Crippen LogP contribution is -2.46. The third-order valence-electron chi connectivity index (χ3n) is 7.70. The monoisotopic (exact) mass is 600 g/mol. The Morgan fingerprint density at radius 3 is 2.37 bits per heavy atom. The van der Waals surface area contributed by atoms with Gasteiger partial charge in [-0.3, -0.25) is 4.79 Å². The molecule has 2 aromatic heterocycles. The number of carbonyl (C=O) groups is 2. The summed E-state index contributed by atoms with van der Waals surface area (Å²) in [5.74, 6) is -0.560. The summed E-state index contributed by atoms with van der Waals surface area (Å²) in [6.45, 7) is 11.4. The normalized spacial score (nSPS) is 14.7. The number of piperazine rings is 1. The van der Waals surface area contributed by atoms with Crippen molar-refractivity contribution in [1.29, 1.82) is 0 Å². The van der Waals surface area contributed by atoms with Crippen molar-refractivity contribution in [2.45, 2.75) is 38.2 Å². The fourth-order valence-electron chi connectivity index (χ4n) is 5.23. The number of allylic oxidation sites excluding steroid dienone is 1. The second-order valence-electron chi connectivity index (χ2n) is 11.2. The third-order valence-corrected chi connectivity index (χ3v) is 9.61. The SMILES string of the molecule is C=CC(=O)Cc1cc(-c2c(-c3ccc(S(=O)(=O)N4CCN(C)CC4)cc3)[nH]c3ncc(C(=O)OC(C)C)cc23)ccc1C. The van der Waals surface area contributed by atoms with Gasteiger partial charge in [0.1, 0.15) is 5.65 Å². The van der Waals surface area contributed by atoms with Gasteiger partial charge in [-0.05, 0) is 74.3 Å². The van der Waals surface area contributed by atoms with Crippen LogP contribution in [0.2, 0.25) is 0 Å². The molecule has 224 valence electrons. The van der Waals surface area contributed by atoms with Crippen molar-refractivity contribution in [2.24, 2.45) is 0 Å². The first-order valence-corrected chi connectivity index (χ1v) is 15.7. The number of fused-ring (bicyclic) bond motifs is 1. The number of carbonyl (C=O) groups excluding carboxylic acids is 2. The molecule has 43 heavy (non-hydrogen) atoms. The van der Waals surface area contributed by atoms with Crippen LogP contribution in [-0.4, -0.2) is 78.7 Å². The lowest BCUT2D eigenvalue weighted by Gasteiger charge is -2.31. The number of likely N-dealkylation sites (N-methyl/N-ethyl adjacent to an activating group) is 1. The predicted molar refractivity (Wildman–Crippen MR) is 167 cm³/mol. The van der Waals surface area contributed by atoms with Gasteiger partial charge in [0, 0.05) is 49.7 Å². The van der Waals surface area contributed by atoms with E-state index in [4.69, 9.17) is 4.74 Å². The first-order valence-electron chi connectivity index (χ1n) is 14.2. The fraction of sp³-hybridized carbons (Fsp3) is 0.303. The second-order valence-corrected chi connectivity index (χ2v) is 13.1. The highest BCUT2D eigenvalue weighted by atomic mass is 32.2. The molecule has 0 amide bonds. The molecule has 4 aromatic rings. The Morgan fingerprint density at radius 2 is 1.72 bits per heavy atom. The topological polar surface area (TPSA) is 113 Å². The van der Waals surface area contributed by atoms with E-state index < -0.39 is 16.0 Å². The highest BCUT2D eigenvalue weighted by Gasteiger charge is 2.28. The van der Waals surface area contributed by atoms with Crippen LogP contribution in [0.1, 0.15) is 35.3 Å². The largest absolute Gasteiger partial charge is 0.459 e. The molecule has 0 saturated carbocycles. The van der Waals surface area contributed by atoms with E-state index in [9.17, 15) is 18.0 Å². The van der Waals surface area contributed by atoms with E-state index in [-0.39, 0.29) is 23.2 Å². The summed E-state index contributed by atoms with van der Waals surface area (Å²) in [5.41, 5.74) is 5.77. The lowest BCUT2D eigenvalue weighted by molar-refractivity contribution is -0.114. The van der Waals surface area contributed by atoms with Crippen LogP contribution in [0.25, 0.3) is 33.4 Å². The van der Waals surface area contributed by atoms with E-state index >= 15 is 0 Å². The zero-order chi connectivity index (χ0) is 30.9. The molecular formula is C33H36N4O5S. The zero-order valence-electron chi connectivity index (χ0n) is 24.9. The van der Waals surface area contributed by atoms with Crippen LogP contribution in [0.15, 0.2) is 72.3 Å². The van der Waals surface area contributed by atoms with Crippen LogP contribution < -0.4 is 0 Å². The van der Waals surface area contributed by atoms with Gasteiger partial charge in [0.15, 0.2) is 5.78 Å². The summed E-state index contributed by atoms with van der Waals surface area (Å²) in [6.07, 6.45) is 2.72. The second kappa shape index (κ2) is 12.2. The van der Waals surface area contributed by atoms with Crippen molar-refractivity contribution in [2.75, 3.05) is 33.2 Å². The van der Waals surface area contributed by atoms with Gasteiger partial charge >= 0.3 is 5.97 Å². The lowest BCUT2D eigenvalue weighted by atomic mass is 9.93. The maximum Gasteiger partial charge on any atom is 0.339 e. The van der Waals surface area contributed by atoms with E-state index in [0.717, 1.165) is 27.8 Å². The Balaban J connectivity index is 1.62. The van der Waals surface area contributed by atoms with Gasteiger partial charge in [-0.15, -0.1) is 0 Å². The van der Waals surface area contributed by atoms with E-state index in [0.29, 0.717) is 48.5 Å². The number of hydrogen-bond acceptors (Lipinski definition) is 7. The number of H-pyrrole nitrogens is 1. The maximum absolute atomic E-state index is 13.3. The molecule has 5 rings (SSSR count). The Morgan fingerprint density at radius 1 is 1.05 bits per heavy atom. The Labute approximate surface area is 252 Å². The number of sulfonamides is 1. The van der Waals surface area contributed by atoms with E-state index in [1.807, 2.05) is 32.2 Å². The molecule has 0 bridgehead atoms. The van der Waals surface area contributed by atoms with Gasteiger partial charge in [0.25, 0.3) is 0 Å². The van der Waals surface area contributed by atoms with Crippen molar-refractivity contribution in [3.63, 3.8) is 0 Å². The van der Waals surface area contributed by atoms with E-state index in [2.05, 4.69) is 21.4 Å². The summed E-state index contributed by atoms with van der Waals surface area (Å²) in [4.78, 5) is 35.3. The minimum Gasteiger partial charge on any atom is -0.459 e. The molecule has 0 spiro atoms. The average molecular weight is 601 g/mol. The van der Waals surface area contributed by atoms with Crippen molar-refractivity contribution >= 4 is 32.8 Å². The number of rotatable bonds is 9. The number of ether oxygens (including phenoxy) is 1. The molecule has 1 saturated heterocycles. The maximum atomic E-state index is 13.3. The highest BCUT2D eigenvalue weighted by molar-refractivity contribution is 7.89. The molecule has 0 radical (unpaired) electrons. The first kappa shape index (κ1) is 30.3. The number of nitrogens with zero attached hydrogens (tertiary/aromatic N) is 3. The van der Waals surface area contributed by atoms with Crippen molar-refractivity contribution < 1.29 is 22.7 Å². The van der Waals surface area contributed by atoms with Gasteiger partial charge in [-0.1, -0.05) is 36.9 Å². The Hall–Kier alpha value is -4.12. The Kier molecular flexibility index (Phi) is 8.64. The molecule has 1 aliphatic heterocycles. The van der Waals surface area contributed by atoms with Gasteiger partial charge in [0.05, 0.1) is 22.3 Å². The minimum absolute atomic E-state index is 0.0862. The number of aromatic nitrogens is 2.